The molecule has 0 heterocycles. The minimum Gasteiger partial charge on any atom is -0.378 e. The Balaban J connectivity index is 2.13. The van der Waals surface area contributed by atoms with Crippen LogP contribution in [0.15, 0.2) is 30.3 Å². The summed E-state index contributed by atoms with van der Waals surface area (Å²) in [5, 5.41) is 9.94. The summed E-state index contributed by atoms with van der Waals surface area (Å²) in [5.41, 5.74) is 0.170. The maximum Gasteiger partial charge on any atom is 0.125 e. The molecule has 1 nitrogen and oxygen atoms in total. The van der Waals surface area contributed by atoms with Gasteiger partial charge in [0.1, 0.15) is 5.60 Å². The molecule has 14 heavy (non-hydrogen) atoms. The minimum absolute atomic E-state index is 0.388. The summed E-state index contributed by atoms with van der Waals surface area (Å²) in [6, 6.07) is 9.78. The second-order valence-electron chi connectivity index (χ2n) is 4.04. The van der Waals surface area contributed by atoms with E-state index in [0.717, 1.165) is 18.4 Å². The van der Waals surface area contributed by atoms with Crippen LogP contribution in [0.4, 0.5) is 0 Å². The molecule has 0 unspecified atom stereocenters. The number of benzene rings is 1. The zero-order valence-corrected chi connectivity index (χ0v) is 8.33. The highest BCUT2D eigenvalue weighted by atomic mass is 16.3. The van der Waals surface area contributed by atoms with Gasteiger partial charge in [0.05, 0.1) is 0 Å². The maximum absolute atomic E-state index is 9.94. The Kier molecular flexibility index (Phi) is 2.31. The average Bonchev–Trinajstić information content (AvgIpc) is 3.00. The molecule has 1 aliphatic carbocycles. The standard InChI is InChI=1S/C13H14O/c1-13(14,12-7-8-12)10-9-11-5-3-2-4-6-11/h2-6,12,14H,7-8H2,1H3/t13-/m0/s1. The van der Waals surface area contributed by atoms with Crippen molar-refractivity contribution in [3.8, 4) is 11.8 Å². The highest BCUT2D eigenvalue weighted by molar-refractivity contribution is 5.36. The molecular weight excluding hydrogens is 172 g/mol. The van der Waals surface area contributed by atoms with Crippen molar-refractivity contribution in [2.24, 2.45) is 5.92 Å². The van der Waals surface area contributed by atoms with Gasteiger partial charge in [-0.15, -0.1) is 0 Å². The van der Waals surface area contributed by atoms with Crippen LogP contribution < -0.4 is 0 Å². The summed E-state index contributed by atoms with van der Waals surface area (Å²) in [4.78, 5) is 0. The largest absolute Gasteiger partial charge is 0.378 e. The van der Waals surface area contributed by atoms with Gasteiger partial charge in [0, 0.05) is 5.56 Å². The van der Waals surface area contributed by atoms with Crippen LogP contribution in [0.5, 0.6) is 0 Å². The fourth-order valence-corrected chi connectivity index (χ4v) is 1.47. The smallest absolute Gasteiger partial charge is 0.125 e. The van der Waals surface area contributed by atoms with Crippen LogP contribution in [-0.4, -0.2) is 10.7 Å². The fraction of sp³-hybridized carbons (Fsp3) is 0.385. The third kappa shape index (κ3) is 2.16. The summed E-state index contributed by atoms with van der Waals surface area (Å²) in [6.45, 7) is 1.81. The van der Waals surface area contributed by atoms with Crippen molar-refractivity contribution in [2.75, 3.05) is 0 Å². The van der Waals surface area contributed by atoms with E-state index in [-0.39, 0.29) is 0 Å². The van der Waals surface area contributed by atoms with E-state index in [0.29, 0.717) is 5.92 Å². The maximum atomic E-state index is 9.94. The molecule has 0 bridgehead atoms. The molecule has 1 aliphatic rings. The van der Waals surface area contributed by atoms with Gasteiger partial charge in [-0.1, -0.05) is 30.0 Å². The molecule has 1 heteroatoms. The minimum atomic E-state index is -0.796. The molecule has 1 aromatic rings. The molecule has 0 amide bonds. The van der Waals surface area contributed by atoms with Crippen LogP contribution in [0, 0.1) is 17.8 Å². The molecule has 1 aromatic carbocycles. The third-order valence-corrected chi connectivity index (χ3v) is 2.61. The first-order valence-corrected chi connectivity index (χ1v) is 4.99. The Morgan fingerprint density at radius 1 is 1.29 bits per heavy atom. The van der Waals surface area contributed by atoms with Gasteiger partial charge in [0.25, 0.3) is 0 Å². The van der Waals surface area contributed by atoms with Crippen LogP contribution in [0.3, 0.4) is 0 Å². The van der Waals surface area contributed by atoms with Crippen LogP contribution >= 0.6 is 0 Å². The molecule has 0 aliphatic heterocycles. The van der Waals surface area contributed by atoms with E-state index in [1.165, 1.54) is 0 Å². The first-order valence-electron chi connectivity index (χ1n) is 4.99. The summed E-state index contributed by atoms with van der Waals surface area (Å²) in [5.74, 6) is 6.34. The molecule has 0 radical (unpaired) electrons. The van der Waals surface area contributed by atoms with Crippen molar-refractivity contribution in [3.05, 3.63) is 35.9 Å². The average molecular weight is 186 g/mol. The highest BCUT2D eigenvalue weighted by Gasteiger charge is 2.38. The highest BCUT2D eigenvalue weighted by Crippen LogP contribution is 2.38. The van der Waals surface area contributed by atoms with Crippen molar-refractivity contribution in [3.63, 3.8) is 0 Å². The predicted octanol–water partition coefficient (Wildman–Crippen LogP) is 2.20. The summed E-state index contributed by atoms with van der Waals surface area (Å²) >= 11 is 0. The molecule has 0 saturated heterocycles. The monoisotopic (exact) mass is 186 g/mol. The quantitative estimate of drug-likeness (QED) is 0.667. The summed E-state index contributed by atoms with van der Waals surface area (Å²) in [7, 11) is 0. The van der Waals surface area contributed by atoms with E-state index in [1.807, 2.05) is 30.3 Å². The Bertz CT molecular complexity index is 363. The zero-order chi connectivity index (χ0) is 10.0. The van der Waals surface area contributed by atoms with Gasteiger partial charge >= 0.3 is 0 Å². The van der Waals surface area contributed by atoms with Crippen molar-refractivity contribution in [1.29, 1.82) is 0 Å². The van der Waals surface area contributed by atoms with Gasteiger partial charge in [-0.2, -0.15) is 0 Å². The molecule has 72 valence electrons. The zero-order valence-electron chi connectivity index (χ0n) is 8.33. The van der Waals surface area contributed by atoms with E-state index in [1.54, 1.807) is 6.92 Å². The first-order chi connectivity index (χ1) is 6.68. The van der Waals surface area contributed by atoms with E-state index >= 15 is 0 Å². The first kappa shape index (κ1) is 9.30. The lowest BCUT2D eigenvalue weighted by molar-refractivity contribution is 0.0980. The predicted molar refractivity (Wildman–Crippen MR) is 56.7 cm³/mol. The van der Waals surface area contributed by atoms with E-state index < -0.39 is 5.60 Å². The van der Waals surface area contributed by atoms with E-state index in [2.05, 4.69) is 11.8 Å². The van der Waals surface area contributed by atoms with Crippen molar-refractivity contribution in [1.82, 2.24) is 0 Å². The third-order valence-electron chi connectivity index (χ3n) is 2.61. The van der Waals surface area contributed by atoms with Gasteiger partial charge < -0.3 is 5.11 Å². The van der Waals surface area contributed by atoms with Crippen LogP contribution in [0.2, 0.25) is 0 Å². The second kappa shape index (κ2) is 3.48. The van der Waals surface area contributed by atoms with Gasteiger partial charge in [0.15, 0.2) is 0 Å². The molecule has 1 saturated carbocycles. The molecule has 1 N–H and O–H groups in total. The Labute approximate surface area is 84.8 Å². The van der Waals surface area contributed by atoms with Crippen LogP contribution in [0.25, 0.3) is 0 Å². The molecule has 1 fully saturated rings. The van der Waals surface area contributed by atoms with Crippen molar-refractivity contribution < 1.29 is 5.11 Å². The van der Waals surface area contributed by atoms with Crippen molar-refractivity contribution in [2.45, 2.75) is 25.4 Å². The number of aliphatic hydroxyl groups is 1. The lowest BCUT2D eigenvalue weighted by Crippen LogP contribution is -2.24. The topological polar surface area (TPSA) is 20.2 Å². The van der Waals surface area contributed by atoms with Gasteiger partial charge in [0.2, 0.25) is 0 Å². The fourth-order valence-electron chi connectivity index (χ4n) is 1.47. The van der Waals surface area contributed by atoms with Gasteiger partial charge in [-0.25, -0.2) is 0 Å². The number of hydrogen-bond acceptors (Lipinski definition) is 1. The van der Waals surface area contributed by atoms with Gasteiger partial charge in [-0.3, -0.25) is 0 Å². The van der Waals surface area contributed by atoms with E-state index in [4.69, 9.17) is 0 Å². The molecule has 0 aromatic heterocycles. The van der Waals surface area contributed by atoms with Gasteiger partial charge in [-0.05, 0) is 37.8 Å². The SMILES string of the molecule is C[C@](O)(C#Cc1ccccc1)C1CC1. The normalized spacial score (nSPS) is 19.3. The molecule has 0 spiro atoms. The second-order valence-corrected chi connectivity index (χ2v) is 4.04. The Morgan fingerprint density at radius 2 is 1.93 bits per heavy atom. The van der Waals surface area contributed by atoms with Crippen molar-refractivity contribution >= 4 is 0 Å². The Hall–Kier alpha value is -1.26. The number of rotatable bonds is 1. The summed E-state index contributed by atoms with van der Waals surface area (Å²) < 4.78 is 0. The molecule has 2 rings (SSSR count). The van der Waals surface area contributed by atoms with Crippen LogP contribution in [0.1, 0.15) is 25.3 Å². The lowest BCUT2D eigenvalue weighted by atomic mass is 10.0. The molecule has 1 atom stereocenters. The number of hydrogen-bond donors (Lipinski definition) is 1. The Morgan fingerprint density at radius 3 is 2.50 bits per heavy atom. The lowest BCUT2D eigenvalue weighted by Gasteiger charge is -2.14. The van der Waals surface area contributed by atoms with Crippen LogP contribution in [-0.2, 0) is 0 Å². The van der Waals surface area contributed by atoms with E-state index in [9.17, 15) is 5.11 Å². The molecular formula is C13H14O. The summed E-state index contributed by atoms with van der Waals surface area (Å²) in [6.07, 6.45) is 2.22.